The van der Waals surface area contributed by atoms with Crippen LogP contribution in [0.2, 0.25) is 0 Å². The smallest absolute Gasteiger partial charge is 0.253 e. The molecule has 2 aromatic rings. The Morgan fingerprint density at radius 1 is 1.11 bits per heavy atom. The van der Waals surface area contributed by atoms with Crippen LogP contribution < -0.4 is 4.74 Å². The zero-order valence-electron chi connectivity index (χ0n) is 15.6. The fourth-order valence-corrected chi connectivity index (χ4v) is 4.41. The standard InChI is InChI=1S/C20H24N2O4S/c1-21(27(24,25)18-8-4-3-5-9-18)15-17-14-16(10-11-19(17)26-2)20(23)22-12-6-7-13-22/h3-5,8-11,14H,6-7,12-13,15H2,1-2H3. The number of benzene rings is 2. The van der Waals surface area contributed by atoms with Crippen molar-refractivity contribution in [3.05, 3.63) is 59.7 Å². The maximum atomic E-state index is 12.8. The molecule has 0 unspecified atom stereocenters. The minimum atomic E-state index is -3.63. The van der Waals surface area contributed by atoms with Gasteiger partial charge in [0.25, 0.3) is 5.91 Å². The van der Waals surface area contributed by atoms with E-state index in [1.807, 2.05) is 4.90 Å². The van der Waals surface area contributed by atoms with E-state index in [0.717, 1.165) is 25.9 Å². The summed E-state index contributed by atoms with van der Waals surface area (Å²) in [5.74, 6) is 0.535. The van der Waals surface area contributed by atoms with Crippen LogP contribution in [0.25, 0.3) is 0 Å². The fraction of sp³-hybridized carbons (Fsp3) is 0.350. The van der Waals surface area contributed by atoms with E-state index in [-0.39, 0.29) is 17.3 Å². The highest BCUT2D eigenvalue weighted by atomic mass is 32.2. The highest BCUT2D eigenvalue weighted by Crippen LogP contribution is 2.25. The third-order valence-corrected chi connectivity index (χ3v) is 6.58. The van der Waals surface area contributed by atoms with Crippen LogP contribution in [-0.4, -0.2) is 50.8 Å². The molecule has 0 bridgehead atoms. The van der Waals surface area contributed by atoms with E-state index < -0.39 is 10.0 Å². The maximum Gasteiger partial charge on any atom is 0.253 e. The number of hydrogen-bond donors (Lipinski definition) is 0. The van der Waals surface area contributed by atoms with Gasteiger partial charge in [-0.15, -0.1) is 0 Å². The number of ether oxygens (including phenoxy) is 1. The van der Waals surface area contributed by atoms with Crippen molar-refractivity contribution in [2.24, 2.45) is 0 Å². The van der Waals surface area contributed by atoms with Crippen LogP contribution >= 0.6 is 0 Å². The van der Waals surface area contributed by atoms with Gasteiger partial charge in [0.2, 0.25) is 10.0 Å². The van der Waals surface area contributed by atoms with Gasteiger partial charge in [0.05, 0.1) is 12.0 Å². The first-order chi connectivity index (χ1) is 12.9. The lowest BCUT2D eigenvalue weighted by Gasteiger charge is -2.20. The van der Waals surface area contributed by atoms with Crippen LogP contribution in [0, 0.1) is 0 Å². The van der Waals surface area contributed by atoms with Gasteiger partial charge >= 0.3 is 0 Å². The summed E-state index contributed by atoms with van der Waals surface area (Å²) in [4.78, 5) is 14.7. The molecule has 1 saturated heterocycles. The van der Waals surface area contributed by atoms with Crippen molar-refractivity contribution in [1.82, 2.24) is 9.21 Å². The number of sulfonamides is 1. The van der Waals surface area contributed by atoms with Gasteiger partial charge in [-0.3, -0.25) is 4.79 Å². The molecule has 0 radical (unpaired) electrons. The van der Waals surface area contributed by atoms with Crippen molar-refractivity contribution in [3.63, 3.8) is 0 Å². The first kappa shape index (κ1) is 19.4. The Balaban J connectivity index is 1.86. The first-order valence-electron chi connectivity index (χ1n) is 8.91. The van der Waals surface area contributed by atoms with Crippen LogP contribution in [0.5, 0.6) is 5.75 Å². The number of rotatable bonds is 6. The lowest BCUT2D eigenvalue weighted by molar-refractivity contribution is 0.0792. The molecular weight excluding hydrogens is 364 g/mol. The third kappa shape index (κ3) is 4.14. The van der Waals surface area contributed by atoms with E-state index in [2.05, 4.69) is 0 Å². The van der Waals surface area contributed by atoms with Crippen molar-refractivity contribution in [2.45, 2.75) is 24.3 Å². The third-order valence-electron chi connectivity index (χ3n) is 4.77. The Hall–Kier alpha value is -2.38. The molecule has 7 heteroatoms. The second-order valence-electron chi connectivity index (χ2n) is 6.60. The van der Waals surface area contributed by atoms with Crippen molar-refractivity contribution < 1.29 is 17.9 Å². The van der Waals surface area contributed by atoms with Crippen LogP contribution in [0.1, 0.15) is 28.8 Å². The first-order valence-corrected chi connectivity index (χ1v) is 10.3. The number of carbonyl (C=O) groups is 1. The lowest BCUT2D eigenvalue weighted by Crippen LogP contribution is -2.28. The lowest BCUT2D eigenvalue weighted by atomic mass is 10.1. The molecule has 2 aromatic carbocycles. The second-order valence-corrected chi connectivity index (χ2v) is 8.64. The van der Waals surface area contributed by atoms with Crippen molar-refractivity contribution >= 4 is 15.9 Å². The second kappa shape index (κ2) is 8.10. The predicted octanol–water partition coefficient (Wildman–Crippen LogP) is 2.75. The number of amides is 1. The van der Waals surface area contributed by atoms with Crippen LogP contribution in [-0.2, 0) is 16.6 Å². The molecule has 0 spiro atoms. The highest BCUT2D eigenvalue weighted by Gasteiger charge is 2.24. The van der Waals surface area contributed by atoms with Gasteiger partial charge in [-0.25, -0.2) is 8.42 Å². The van der Waals surface area contributed by atoms with E-state index in [9.17, 15) is 13.2 Å². The number of methoxy groups -OCH3 is 1. The molecule has 0 aliphatic carbocycles. The molecule has 27 heavy (non-hydrogen) atoms. The van der Waals surface area contributed by atoms with Gasteiger partial charge in [-0.05, 0) is 43.2 Å². The molecular formula is C20H24N2O4S. The average Bonchev–Trinajstić information content (AvgIpc) is 3.22. The summed E-state index contributed by atoms with van der Waals surface area (Å²) >= 11 is 0. The monoisotopic (exact) mass is 388 g/mol. The molecule has 3 rings (SSSR count). The molecule has 1 amide bonds. The molecule has 144 valence electrons. The maximum absolute atomic E-state index is 12.8. The molecule has 1 heterocycles. The van der Waals surface area contributed by atoms with E-state index in [1.165, 1.54) is 18.5 Å². The van der Waals surface area contributed by atoms with Gasteiger partial charge in [-0.1, -0.05) is 18.2 Å². The number of carbonyl (C=O) groups excluding carboxylic acids is 1. The Morgan fingerprint density at radius 2 is 1.78 bits per heavy atom. The highest BCUT2D eigenvalue weighted by molar-refractivity contribution is 7.89. The zero-order valence-corrected chi connectivity index (χ0v) is 16.4. The molecule has 1 aliphatic rings. The summed E-state index contributed by atoms with van der Waals surface area (Å²) < 4.78 is 32.2. The molecule has 6 nitrogen and oxygen atoms in total. The van der Waals surface area contributed by atoms with Crippen molar-refractivity contribution in [2.75, 3.05) is 27.2 Å². The minimum absolute atomic E-state index is 0.0232. The Kier molecular flexibility index (Phi) is 5.82. The molecule has 0 saturated carbocycles. The van der Waals surface area contributed by atoms with E-state index >= 15 is 0 Å². The molecule has 1 fully saturated rings. The normalized spacial score (nSPS) is 14.6. The van der Waals surface area contributed by atoms with Gasteiger partial charge < -0.3 is 9.64 Å². The zero-order chi connectivity index (χ0) is 19.4. The van der Waals surface area contributed by atoms with Gasteiger partial charge in [-0.2, -0.15) is 4.31 Å². The number of hydrogen-bond acceptors (Lipinski definition) is 4. The molecule has 0 atom stereocenters. The predicted molar refractivity (Wildman–Crippen MR) is 103 cm³/mol. The van der Waals surface area contributed by atoms with Crippen LogP contribution in [0.4, 0.5) is 0 Å². The summed E-state index contributed by atoms with van der Waals surface area (Å²) in [5.41, 5.74) is 1.21. The summed E-state index contributed by atoms with van der Waals surface area (Å²) in [6, 6.07) is 13.5. The van der Waals surface area contributed by atoms with E-state index in [0.29, 0.717) is 16.9 Å². The van der Waals surface area contributed by atoms with Crippen molar-refractivity contribution in [1.29, 1.82) is 0 Å². The number of nitrogens with zero attached hydrogens (tertiary/aromatic N) is 2. The van der Waals surface area contributed by atoms with Crippen LogP contribution in [0.15, 0.2) is 53.4 Å². The SMILES string of the molecule is COc1ccc(C(=O)N2CCCC2)cc1CN(C)S(=O)(=O)c1ccccc1. The largest absolute Gasteiger partial charge is 0.496 e. The Bertz CT molecular complexity index is 907. The summed E-state index contributed by atoms with van der Waals surface area (Å²) in [6.45, 7) is 1.65. The van der Waals surface area contributed by atoms with E-state index in [1.54, 1.807) is 48.5 Å². The quantitative estimate of drug-likeness (QED) is 0.763. The Morgan fingerprint density at radius 3 is 2.41 bits per heavy atom. The number of likely N-dealkylation sites (tertiary alicyclic amines) is 1. The van der Waals surface area contributed by atoms with Gasteiger partial charge in [0.1, 0.15) is 5.75 Å². The summed E-state index contributed by atoms with van der Waals surface area (Å²) in [7, 11) is -0.570. The molecule has 1 aliphatic heterocycles. The van der Waals surface area contributed by atoms with Crippen molar-refractivity contribution in [3.8, 4) is 5.75 Å². The summed E-state index contributed by atoms with van der Waals surface area (Å²) in [6.07, 6.45) is 2.04. The fourth-order valence-electron chi connectivity index (χ4n) is 3.24. The molecule has 0 N–H and O–H groups in total. The van der Waals surface area contributed by atoms with Gasteiger partial charge in [0.15, 0.2) is 0 Å². The topological polar surface area (TPSA) is 66.9 Å². The van der Waals surface area contributed by atoms with Gasteiger partial charge in [0, 0.05) is 37.8 Å². The average molecular weight is 388 g/mol. The van der Waals surface area contributed by atoms with Crippen LogP contribution in [0.3, 0.4) is 0 Å². The molecule has 0 aromatic heterocycles. The van der Waals surface area contributed by atoms with E-state index in [4.69, 9.17) is 4.74 Å². The summed E-state index contributed by atoms with van der Waals surface area (Å²) in [5, 5.41) is 0. The Labute approximate surface area is 160 Å². The minimum Gasteiger partial charge on any atom is -0.496 e.